The van der Waals surface area contributed by atoms with Crippen LogP contribution in [0.5, 0.6) is 0 Å². The summed E-state index contributed by atoms with van der Waals surface area (Å²) >= 11 is 0. The molecule has 2 rings (SSSR count). The first-order valence-corrected chi connectivity index (χ1v) is 6.39. The molecule has 1 atom stereocenters. The molecule has 0 bridgehead atoms. The van der Waals surface area contributed by atoms with Crippen LogP contribution in [0.15, 0.2) is 36.5 Å². The van der Waals surface area contributed by atoms with Gasteiger partial charge < -0.3 is 5.32 Å². The lowest BCUT2D eigenvalue weighted by Crippen LogP contribution is -2.21. The number of hydrogen-bond acceptors (Lipinski definition) is 2. The summed E-state index contributed by atoms with van der Waals surface area (Å²) in [7, 11) is 0. The zero-order valence-corrected chi connectivity index (χ0v) is 11.0. The van der Waals surface area contributed by atoms with Crippen molar-refractivity contribution in [2.75, 3.05) is 0 Å². The third kappa shape index (κ3) is 3.57. The largest absolute Gasteiger partial charge is 0.304 e. The van der Waals surface area contributed by atoms with E-state index in [0.29, 0.717) is 11.3 Å². The van der Waals surface area contributed by atoms with E-state index in [1.165, 1.54) is 18.2 Å². The van der Waals surface area contributed by atoms with E-state index in [4.69, 9.17) is 0 Å². The molecule has 2 aromatic rings. The molecule has 1 unspecified atom stereocenters. The van der Waals surface area contributed by atoms with Crippen LogP contribution in [0.4, 0.5) is 13.2 Å². The summed E-state index contributed by atoms with van der Waals surface area (Å²) in [5.74, 6) is -1.58. The average molecular weight is 280 g/mol. The van der Waals surface area contributed by atoms with Crippen LogP contribution in [-0.2, 0) is 6.54 Å². The van der Waals surface area contributed by atoms with Crippen molar-refractivity contribution in [2.45, 2.75) is 25.9 Å². The maximum absolute atomic E-state index is 13.5. The molecule has 1 heterocycles. The summed E-state index contributed by atoms with van der Waals surface area (Å²) in [4.78, 5) is 4.01. The molecule has 0 aliphatic rings. The van der Waals surface area contributed by atoms with Gasteiger partial charge in [0.15, 0.2) is 0 Å². The van der Waals surface area contributed by atoms with E-state index in [1.54, 1.807) is 6.07 Å². The van der Waals surface area contributed by atoms with Crippen molar-refractivity contribution in [2.24, 2.45) is 0 Å². The standard InChI is InChI=1S/C15H15F3N2/c1-2-14(15-6-5-12(17)9-20-15)19-8-10-3-4-11(16)7-13(10)18/h3-7,9,14,19H,2,8H2,1H3. The van der Waals surface area contributed by atoms with Gasteiger partial charge in [0.25, 0.3) is 0 Å². The van der Waals surface area contributed by atoms with E-state index in [-0.39, 0.29) is 12.6 Å². The fraction of sp³-hybridized carbons (Fsp3) is 0.267. The van der Waals surface area contributed by atoms with Crippen molar-refractivity contribution in [1.82, 2.24) is 10.3 Å². The molecule has 0 amide bonds. The highest BCUT2D eigenvalue weighted by Gasteiger charge is 2.12. The zero-order valence-electron chi connectivity index (χ0n) is 11.0. The molecule has 20 heavy (non-hydrogen) atoms. The monoisotopic (exact) mass is 280 g/mol. The average Bonchev–Trinajstić information content (AvgIpc) is 2.43. The van der Waals surface area contributed by atoms with Gasteiger partial charge in [-0.05, 0) is 24.6 Å². The number of nitrogens with zero attached hydrogens (tertiary/aromatic N) is 1. The van der Waals surface area contributed by atoms with Gasteiger partial charge in [-0.15, -0.1) is 0 Å². The molecule has 1 aromatic carbocycles. The van der Waals surface area contributed by atoms with Crippen LogP contribution in [0, 0.1) is 17.5 Å². The van der Waals surface area contributed by atoms with Gasteiger partial charge in [-0.25, -0.2) is 13.2 Å². The molecule has 0 fully saturated rings. The molecule has 0 spiro atoms. The number of nitrogens with one attached hydrogen (secondary N) is 1. The van der Waals surface area contributed by atoms with E-state index >= 15 is 0 Å². The normalized spacial score (nSPS) is 12.4. The Morgan fingerprint density at radius 2 is 1.85 bits per heavy atom. The summed E-state index contributed by atoms with van der Waals surface area (Å²) in [5, 5.41) is 3.13. The Labute approximate surface area is 115 Å². The summed E-state index contributed by atoms with van der Waals surface area (Å²) < 4.78 is 39.2. The van der Waals surface area contributed by atoms with Crippen molar-refractivity contribution < 1.29 is 13.2 Å². The summed E-state index contributed by atoms with van der Waals surface area (Å²) in [6.07, 6.45) is 1.87. The molecule has 0 aliphatic heterocycles. The first kappa shape index (κ1) is 14.5. The maximum atomic E-state index is 13.5. The number of halogens is 3. The molecule has 106 valence electrons. The Morgan fingerprint density at radius 3 is 2.45 bits per heavy atom. The second-order valence-electron chi connectivity index (χ2n) is 4.48. The minimum atomic E-state index is -0.599. The van der Waals surface area contributed by atoms with E-state index in [1.807, 2.05) is 6.92 Å². The first-order chi connectivity index (χ1) is 9.60. The third-order valence-corrected chi connectivity index (χ3v) is 3.07. The Hall–Kier alpha value is -1.88. The highest BCUT2D eigenvalue weighted by atomic mass is 19.1. The summed E-state index contributed by atoms with van der Waals surface area (Å²) in [6.45, 7) is 2.20. The number of hydrogen-bond donors (Lipinski definition) is 1. The zero-order chi connectivity index (χ0) is 14.5. The molecule has 0 aliphatic carbocycles. The topological polar surface area (TPSA) is 24.9 Å². The van der Waals surface area contributed by atoms with Crippen LogP contribution in [0.25, 0.3) is 0 Å². The molecule has 5 heteroatoms. The van der Waals surface area contributed by atoms with Crippen LogP contribution >= 0.6 is 0 Å². The third-order valence-electron chi connectivity index (χ3n) is 3.07. The highest BCUT2D eigenvalue weighted by molar-refractivity contribution is 5.19. The number of benzene rings is 1. The second-order valence-corrected chi connectivity index (χ2v) is 4.48. The minimum Gasteiger partial charge on any atom is -0.304 e. The van der Waals surface area contributed by atoms with Crippen LogP contribution in [-0.4, -0.2) is 4.98 Å². The fourth-order valence-electron chi connectivity index (χ4n) is 1.95. The SMILES string of the molecule is CCC(NCc1ccc(F)cc1F)c1ccc(F)cn1. The van der Waals surface area contributed by atoms with Gasteiger partial charge >= 0.3 is 0 Å². The van der Waals surface area contributed by atoms with Crippen molar-refractivity contribution in [1.29, 1.82) is 0 Å². The molecular weight excluding hydrogens is 265 g/mol. The lowest BCUT2D eigenvalue weighted by molar-refractivity contribution is 0.489. The van der Waals surface area contributed by atoms with E-state index in [9.17, 15) is 13.2 Å². The van der Waals surface area contributed by atoms with E-state index < -0.39 is 17.5 Å². The van der Waals surface area contributed by atoms with Gasteiger partial charge in [0, 0.05) is 24.2 Å². The molecular formula is C15H15F3N2. The van der Waals surface area contributed by atoms with Crippen molar-refractivity contribution >= 4 is 0 Å². The Bertz CT molecular complexity index is 570. The number of aromatic nitrogens is 1. The lowest BCUT2D eigenvalue weighted by atomic mass is 10.1. The van der Waals surface area contributed by atoms with Crippen LogP contribution < -0.4 is 5.32 Å². The van der Waals surface area contributed by atoms with Gasteiger partial charge in [-0.3, -0.25) is 4.98 Å². The minimum absolute atomic E-state index is 0.111. The van der Waals surface area contributed by atoms with Crippen LogP contribution in [0.3, 0.4) is 0 Å². The van der Waals surface area contributed by atoms with Gasteiger partial charge in [0.2, 0.25) is 0 Å². The second kappa shape index (κ2) is 6.52. The molecule has 1 aromatic heterocycles. The van der Waals surface area contributed by atoms with Crippen molar-refractivity contribution in [3.8, 4) is 0 Å². The molecule has 2 nitrogen and oxygen atoms in total. The van der Waals surface area contributed by atoms with E-state index in [0.717, 1.165) is 18.7 Å². The van der Waals surface area contributed by atoms with Gasteiger partial charge in [-0.2, -0.15) is 0 Å². The molecule has 0 saturated carbocycles. The predicted molar refractivity (Wildman–Crippen MR) is 70.4 cm³/mol. The maximum Gasteiger partial charge on any atom is 0.141 e. The molecule has 1 N–H and O–H groups in total. The van der Waals surface area contributed by atoms with Crippen molar-refractivity contribution in [3.63, 3.8) is 0 Å². The number of rotatable bonds is 5. The summed E-state index contributed by atoms with van der Waals surface area (Å²) in [5.41, 5.74) is 1.07. The highest BCUT2D eigenvalue weighted by Crippen LogP contribution is 2.16. The molecule has 0 radical (unpaired) electrons. The Balaban J connectivity index is 2.05. The van der Waals surface area contributed by atoms with Gasteiger partial charge in [0.1, 0.15) is 17.5 Å². The fourth-order valence-corrected chi connectivity index (χ4v) is 1.95. The summed E-state index contributed by atoms with van der Waals surface area (Å²) in [6, 6.07) is 6.30. The van der Waals surface area contributed by atoms with Crippen LogP contribution in [0.2, 0.25) is 0 Å². The lowest BCUT2D eigenvalue weighted by Gasteiger charge is -2.16. The quantitative estimate of drug-likeness (QED) is 0.902. The van der Waals surface area contributed by atoms with E-state index in [2.05, 4.69) is 10.3 Å². The molecule has 0 saturated heterocycles. The van der Waals surface area contributed by atoms with Crippen LogP contribution in [0.1, 0.15) is 30.6 Å². The Morgan fingerprint density at radius 1 is 1.10 bits per heavy atom. The van der Waals surface area contributed by atoms with Gasteiger partial charge in [-0.1, -0.05) is 13.0 Å². The van der Waals surface area contributed by atoms with Gasteiger partial charge in [0.05, 0.1) is 11.9 Å². The number of pyridine rings is 1. The first-order valence-electron chi connectivity index (χ1n) is 6.39. The predicted octanol–water partition coefficient (Wildman–Crippen LogP) is 3.74. The van der Waals surface area contributed by atoms with Crippen molar-refractivity contribution in [3.05, 3.63) is 65.2 Å². The Kier molecular flexibility index (Phi) is 4.74. The smallest absolute Gasteiger partial charge is 0.141 e.